The predicted molar refractivity (Wildman–Crippen MR) is 68.8 cm³/mol. The Morgan fingerprint density at radius 1 is 1.50 bits per heavy atom. The first-order valence-electron chi connectivity index (χ1n) is 6.11. The Morgan fingerprint density at radius 3 is 2.89 bits per heavy atom. The largest absolute Gasteiger partial charge is 0.329 e. The summed E-state index contributed by atoms with van der Waals surface area (Å²) in [6, 6.07) is 6.19. The molecule has 1 aromatic rings. The van der Waals surface area contributed by atoms with Crippen LogP contribution in [0, 0.1) is 5.82 Å². The molecule has 0 aromatic heterocycles. The maximum atomic E-state index is 13.7. The molecule has 0 radical (unpaired) electrons. The summed E-state index contributed by atoms with van der Waals surface area (Å²) in [4.78, 5) is 15.7. The number of rotatable bonds is 4. The maximum absolute atomic E-state index is 13.7. The molecule has 2 rings (SSSR count). The quantitative estimate of drug-likeness (QED) is 0.862. The fraction of sp³-hybridized carbons (Fsp3) is 0.462. The van der Waals surface area contributed by atoms with E-state index >= 15 is 0 Å². The molecule has 1 unspecified atom stereocenters. The van der Waals surface area contributed by atoms with E-state index in [-0.39, 0.29) is 17.8 Å². The van der Waals surface area contributed by atoms with Crippen LogP contribution in [0.5, 0.6) is 0 Å². The van der Waals surface area contributed by atoms with Crippen molar-refractivity contribution in [2.75, 3.05) is 31.6 Å². The van der Waals surface area contributed by atoms with Crippen LogP contribution in [0.2, 0.25) is 0 Å². The molecule has 0 saturated carbocycles. The number of benzene rings is 1. The summed E-state index contributed by atoms with van der Waals surface area (Å²) in [7, 11) is 1.88. The number of nitrogens with zero attached hydrogens (tertiary/aromatic N) is 2. The highest BCUT2D eigenvalue weighted by Gasteiger charge is 2.35. The Bertz CT molecular complexity index is 438. The third-order valence-electron chi connectivity index (χ3n) is 3.33. The minimum Gasteiger partial charge on any atom is -0.329 e. The summed E-state index contributed by atoms with van der Waals surface area (Å²) in [5, 5.41) is 0. The smallest absolute Gasteiger partial charge is 0.244 e. The molecule has 98 valence electrons. The topological polar surface area (TPSA) is 49.6 Å². The van der Waals surface area contributed by atoms with Crippen molar-refractivity contribution in [1.82, 2.24) is 4.90 Å². The number of halogens is 1. The molecular weight excluding hydrogens is 233 g/mol. The van der Waals surface area contributed by atoms with Gasteiger partial charge in [0.2, 0.25) is 5.91 Å². The molecule has 1 aromatic carbocycles. The van der Waals surface area contributed by atoms with Crippen LogP contribution in [0.1, 0.15) is 6.42 Å². The van der Waals surface area contributed by atoms with Gasteiger partial charge < -0.3 is 10.6 Å². The SMILES string of the molecule is CN(CCN)C1CCN(c2ccccc2F)C1=O. The summed E-state index contributed by atoms with van der Waals surface area (Å²) in [5.41, 5.74) is 5.85. The Hall–Kier alpha value is -1.46. The molecule has 1 heterocycles. The highest BCUT2D eigenvalue weighted by Crippen LogP contribution is 2.25. The van der Waals surface area contributed by atoms with E-state index < -0.39 is 0 Å². The van der Waals surface area contributed by atoms with E-state index in [1.54, 1.807) is 18.2 Å². The van der Waals surface area contributed by atoms with Crippen molar-refractivity contribution in [2.24, 2.45) is 5.73 Å². The molecule has 2 N–H and O–H groups in total. The zero-order valence-corrected chi connectivity index (χ0v) is 10.5. The highest BCUT2D eigenvalue weighted by atomic mass is 19.1. The van der Waals surface area contributed by atoms with Crippen LogP contribution in [-0.2, 0) is 4.79 Å². The van der Waals surface area contributed by atoms with Crippen LogP contribution < -0.4 is 10.6 Å². The van der Waals surface area contributed by atoms with Crippen LogP contribution in [0.3, 0.4) is 0 Å². The highest BCUT2D eigenvalue weighted by molar-refractivity contribution is 5.99. The summed E-state index contributed by atoms with van der Waals surface area (Å²) in [6.07, 6.45) is 0.712. The molecule has 1 aliphatic rings. The average molecular weight is 251 g/mol. The van der Waals surface area contributed by atoms with Crippen molar-refractivity contribution >= 4 is 11.6 Å². The zero-order valence-electron chi connectivity index (χ0n) is 10.5. The van der Waals surface area contributed by atoms with Gasteiger partial charge in [-0.3, -0.25) is 9.69 Å². The second-order valence-electron chi connectivity index (χ2n) is 4.52. The molecule has 5 heteroatoms. The van der Waals surface area contributed by atoms with Gasteiger partial charge in [0.1, 0.15) is 5.82 Å². The van der Waals surface area contributed by atoms with Crippen molar-refractivity contribution in [3.8, 4) is 0 Å². The van der Waals surface area contributed by atoms with Gasteiger partial charge in [0.05, 0.1) is 11.7 Å². The molecule has 1 fully saturated rings. The second-order valence-corrected chi connectivity index (χ2v) is 4.52. The Morgan fingerprint density at radius 2 is 2.22 bits per heavy atom. The standard InChI is InChI=1S/C13H18FN3O/c1-16(9-7-15)12-6-8-17(13(12)18)11-5-3-2-4-10(11)14/h2-5,12H,6-9,15H2,1H3. The lowest BCUT2D eigenvalue weighted by molar-refractivity contribution is -0.121. The number of anilines is 1. The molecule has 18 heavy (non-hydrogen) atoms. The fourth-order valence-electron chi connectivity index (χ4n) is 2.34. The maximum Gasteiger partial charge on any atom is 0.244 e. The van der Waals surface area contributed by atoms with E-state index in [1.807, 2.05) is 11.9 Å². The van der Waals surface area contributed by atoms with Gasteiger partial charge in [0, 0.05) is 19.6 Å². The molecule has 1 aliphatic heterocycles. The molecule has 0 aliphatic carbocycles. The molecule has 0 bridgehead atoms. The predicted octanol–water partition coefficient (Wildman–Crippen LogP) is 0.821. The number of hydrogen-bond donors (Lipinski definition) is 1. The Kier molecular flexibility index (Phi) is 3.93. The van der Waals surface area contributed by atoms with Crippen LogP contribution in [0.4, 0.5) is 10.1 Å². The lowest BCUT2D eigenvalue weighted by atomic mass is 10.2. The first kappa shape index (κ1) is 13.0. The Balaban J connectivity index is 2.15. The summed E-state index contributed by atoms with van der Waals surface area (Å²) in [6.45, 7) is 1.74. The number of likely N-dealkylation sites (N-methyl/N-ethyl adjacent to an activating group) is 1. The third kappa shape index (κ3) is 2.37. The average Bonchev–Trinajstić information content (AvgIpc) is 2.72. The van der Waals surface area contributed by atoms with Crippen LogP contribution in [-0.4, -0.2) is 43.5 Å². The van der Waals surface area contributed by atoms with Crippen molar-refractivity contribution in [3.05, 3.63) is 30.1 Å². The molecule has 1 atom stereocenters. The first-order valence-corrected chi connectivity index (χ1v) is 6.11. The van der Waals surface area contributed by atoms with E-state index in [9.17, 15) is 9.18 Å². The lowest BCUT2D eigenvalue weighted by Crippen LogP contribution is -2.41. The van der Waals surface area contributed by atoms with E-state index in [1.165, 1.54) is 11.0 Å². The van der Waals surface area contributed by atoms with Crippen LogP contribution in [0.25, 0.3) is 0 Å². The summed E-state index contributed by atoms with van der Waals surface area (Å²) in [5.74, 6) is -0.399. The minimum atomic E-state index is -0.354. The minimum absolute atomic E-state index is 0.0453. The number of carbonyl (C=O) groups is 1. The van der Waals surface area contributed by atoms with Gasteiger partial charge in [-0.1, -0.05) is 12.1 Å². The van der Waals surface area contributed by atoms with Crippen molar-refractivity contribution in [3.63, 3.8) is 0 Å². The van der Waals surface area contributed by atoms with E-state index in [4.69, 9.17) is 5.73 Å². The zero-order chi connectivity index (χ0) is 13.1. The van der Waals surface area contributed by atoms with Gasteiger partial charge in [-0.25, -0.2) is 4.39 Å². The van der Waals surface area contributed by atoms with Gasteiger partial charge in [0.15, 0.2) is 0 Å². The summed E-state index contributed by atoms with van der Waals surface area (Å²) >= 11 is 0. The number of nitrogens with two attached hydrogens (primary N) is 1. The molecule has 1 saturated heterocycles. The van der Waals surface area contributed by atoms with Crippen molar-refractivity contribution in [1.29, 1.82) is 0 Å². The summed E-state index contributed by atoms with van der Waals surface area (Å²) < 4.78 is 13.7. The van der Waals surface area contributed by atoms with Gasteiger partial charge >= 0.3 is 0 Å². The number of carbonyl (C=O) groups excluding carboxylic acids is 1. The van der Waals surface area contributed by atoms with Crippen LogP contribution >= 0.6 is 0 Å². The van der Waals surface area contributed by atoms with E-state index in [0.29, 0.717) is 31.7 Å². The van der Waals surface area contributed by atoms with Crippen LogP contribution in [0.15, 0.2) is 24.3 Å². The monoisotopic (exact) mass is 251 g/mol. The lowest BCUT2D eigenvalue weighted by Gasteiger charge is -2.23. The fourth-order valence-corrected chi connectivity index (χ4v) is 2.34. The van der Waals surface area contributed by atoms with Crippen molar-refractivity contribution in [2.45, 2.75) is 12.5 Å². The number of amides is 1. The molecule has 1 amide bonds. The molecule has 0 spiro atoms. The number of hydrogen-bond acceptors (Lipinski definition) is 3. The normalized spacial score (nSPS) is 19.9. The first-order chi connectivity index (χ1) is 8.65. The van der Waals surface area contributed by atoms with Gasteiger partial charge in [-0.05, 0) is 25.6 Å². The van der Waals surface area contributed by atoms with Gasteiger partial charge in [-0.2, -0.15) is 0 Å². The van der Waals surface area contributed by atoms with Crippen molar-refractivity contribution < 1.29 is 9.18 Å². The second kappa shape index (κ2) is 5.46. The number of para-hydroxylation sites is 1. The molecule has 4 nitrogen and oxygen atoms in total. The third-order valence-corrected chi connectivity index (χ3v) is 3.33. The van der Waals surface area contributed by atoms with Gasteiger partial charge in [-0.15, -0.1) is 0 Å². The van der Waals surface area contributed by atoms with E-state index in [2.05, 4.69) is 0 Å². The Labute approximate surface area is 106 Å². The van der Waals surface area contributed by atoms with Gasteiger partial charge in [0.25, 0.3) is 0 Å². The molecular formula is C13H18FN3O. The van der Waals surface area contributed by atoms with E-state index in [0.717, 1.165) is 0 Å².